The Labute approximate surface area is 88.8 Å². The maximum absolute atomic E-state index is 11.4. The lowest BCUT2D eigenvalue weighted by atomic mass is 10.2. The summed E-state index contributed by atoms with van der Waals surface area (Å²) in [6, 6.07) is 7.54. The van der Waals surface area contributed by atoms with Crippen molar-refractivity contribution < 1.29 is 9.53 Å². The third kappa shape index (κ3) is 2.18. The highest BCUT2D eigenvalue weighted by molar-refractivity contribution is 6.00. The molecule has 1 aliphatic rings. The van der Waals surface area contributed by atoms with Gasteiger partial charge in [-0.3, -0.25) is 4.79 Å². The molecule has 0 bridgehead atoms. The van der Waals surface area contributed by atoms with E-state index in [0.717, 1.165) is 17.9 Å². The van der Waals surface area contributed by atoms with Gasteiger partial charge in [-0.25, -0.2) is 0 Å². The van der Waals surface area contributed by atoms with Gasteiger partial charge in [0, 0.05) is 18.2 Å². The van der Waals surface area contributed by atoms with Gasteiger partial charge < -0.3 is 10.1 Å². The number of Topliss-reactive ketones (excluding diaryl/α,β-unsaturated/α-hetero) is 1. The molecule has 0 amide bonds. The molecule has 0 aromatic heterocycles. The predicted octanol–water partition coefficient (Wildman–Crippen LogP) is 2.35. The standard InChI is InChI=1S/C12H13NO2/c1-15-10-5-2-4-9(8-10)13-11-6-3-7-12(11)14/h2,4-6,8,13H,3,7H2,1H3. The van der Waals surface area contributed by atoms with E-state index in [0.29, 0.717) is 12.1 Å². The van der Waals surface area contributed by atoms with Crippen LogP contribution in [0.2, 0.25) is 0 Å². The minimum absolute atomic E-state index is 0.179. The first-order valence-electron chi connectivity index (χ1n) is 4.94. The summed E-state index contributed by atoms with van der Waals surface area (Å²) in [6.45, 7) is 0. The van der Waals surface area contributed by atoms with Crippen molar-refractivity contribution in [3.05, 3.63) is 36.0 Å². The third-order valence-corrected chi connectivity index (χ3v) is 2.37. The molecule has 2 rings (SSSR count). The monoisotopic (exact) mass is 203 g/mol. The van der Waals surface area contributed by atoms with E-state index >= 15 is 0 Å². The summed E-state index contributed by atoms with van der Waals surface area (Å²) in [4.78, 5) is 11.4. The van der Waals surface area contributed by atoms with E-state index in [2.05, 4.69) is 5.32 Å². The molecular weight excluding hydrogens is 190 g/mol. The molecule has 0 fully saturated rings. The maximum Gasteiger partial charge on any atom is 0.178 e. The average molecular weight is 203 g/mol. The van der Waals surface area contributed by atoms with E-state index in [1.807, 2.05) is 30.3 Å². The fourth-order valence-corrected chi connectivity index (χ4v) is 1.57. The van der Waals surface area contributed by atoms with Gasteiger partial charge in [0.25, 0.3) is 0 Å². The van der Waals surface area contributed by atoms with Crippen LogP contribution in [-0.2, 0) is 4.79 Å². The Bertz CT molecular complexity index is 410. The summed E-state index contributed by atoms with van der Waals surface area (Å²) in [7, 11) is 1.62. The van der Waals surface area contributed by atoms with Crippen molar-refractivity contribution >= 4 is 11.5 Å². The summed E-state index contributed by atoms with van der Waals surface area (Å²) in [5, 5.41) is 3.10. The van der Waals surface area contributed by atoms with E-state index in [1.54, 1.807) is 7.11 Å². The van der Waals surface area contributed by atoms with Crippen LogP contribution in [0.15, 0.2) is 36.0 Å². The Morgan fingerprint density at radius 2 is 2.27 bits per heavy atom. The minimum atomic E-state index is 0.179. The Hall–Kier alpha value is -1.77. The highest BCUT2D eigenvalue weighted by Crippen LogP contribution is 2.21. The van der Waals surface area contributed by atoms with Crippen LogP contribution in [0.25, 0.3) is 0 Å². The number of carbonyl (C=O) groups excluding carboxylic acids is 1. The van der Waals surface area contributed by atoms with Crippen molar-refractivity contribution in [1.29, 1.82) is 0 Å². The van der Waals surface area contributed by atoms with Gasteiger partial charge in [0.1, 0.15) is 5.75 Å². The number of ketones is 1. The highest BCUT2D eigenvalue weighted by Gasteiger charge is 2.14. The molecule has 1 aromatic carbocycles. The Balaban J connectivity index is 2.13. The second kappa shape index (κ2) is 4.17. The molecule has 1 N–H and O–H groups in total. The molecule has 0 saturated heterocycles. The van der Waals surface area contributed by atoms with E-state index in [9.17, 15) is 4.79 Å². The van der Waals surface area contributed by atoms with Crippen molar-refractivity contribution in [3.8, 4) is 5.75 Å². The van der Waals surface area contributed by atoms with Crippen LogP contribution in [0.3, 0.4) is 0 Å². The smallest absolute Gasteiger partial charge is 0.178 e. The second-order valence-corrected chi connectivity index (χ2v) is 3.44. The van der Waals surface area contributed by atoms with Crippen LogP contribution in [0.4, 0.5) is 5.69 Å². The number of nitrogens with one attached hydrogen (secondary N) is 1. The number of hydrogen-bond acceptors (Lipinski definition) is 3. The molecule has 3 heteroatoms. The molecule has 0 aliphatic heterocycles. The van der Waals surface area contributed by atoms with E-state index in [4.69, 9.17) is 4.74 Å². The van der Waals surface area contributed by atoms with E-state index in [1.165, 1.54) is 0 Å². The summed E-state index contributed by atoms with van der Waals surface area (Å²) in [6.07, 6.45) is 3.39. The van der Waals surface area contributed by atoms with Crippen LogP contribution in [0.1, 0.15) is 12.8 Å². The zero-order valence-corrected chi connectivity index (χ0v) is 8.62. The number of allylic oxidation sites excluding steroid dienone is 2. The summed E-state index contributed by atoms with van der Waals surface area (Å²) in [5.41, 5.74) is 1.58. The normalized spacial score (nSPS) is 15.0. The van der Waals surface area contributed by atoms with Gasteiger partial charge in [0.15, 0.2) is 5.78 Å². The number of ether oxygens (including phenoxy) is 1. The predicted molar refractivity (Wildman–Crippen MR) is 58.9 cm³/mol. The van der Waals surface area contributed by atoms with Crippen LogP contribution >= 0.6 is 0 Å². The molecule has 0 atom stereocenters. The second-order valence-electron chi connectivity index (χ2n) is 3.44. The SMILES string of the molecule is COc1cccc(NC2=CCCC2=O)c1. The first-order chi connectivity index (χ1) is 7.29. The van der Waals surface area contributed by atoms with Gasteiger partial charge in [-0.1, -0.05) is 12.1 Å². The Kier molecular flexibility index (Phi) is 2.72. The van der Waals surface area contributed by atoms with Gasteiger partial charge >= 0.3 is 0 Å². The number of rotatable bonds is 3. The lowest BCUT2D eigenvalue weighted by molar-refractivity contribution is -0.114. The minimum Gasteiger partial charge on any atom is -0.497 e. The zero-order valence-electron chi connectivity index (χ0n) is 8.62. The first-order valence-corrected chi connectivity index (χ1v) is 4.94. The van der Waals surface area contributed by atoms with Crippen LogP contribution in [0, 0.1) is 0 Å². The van der Waals surface area contributed by atoms with Crippen molar-refractivity contribution in [2.75, 3.05) is 12.4 Å². The van der Waals surface area contributed by atoms with E-state index in [-0.39, 0.29) is 5.78 Å². The first kappa shape index (κ1) is 9.77. The van der Waals surface area contributed by atoms with Crippen molar-refractivity contribution in [2.45, 2.75) is 12.8 Å². The Morgan fingerprint density at radius 1 is 1.40 bits per heavy atom. The number of methoxy groups -OCH3 is 1. The van der Waals surface area contributed by atoms with Crippen molar-refractivity contribution in [2.24, 2.45) is 0 Å². The van der Waals surface area contributed by atoms with Crippen LogP contribution in [0.5, 0.6) is 5.75 Å². The van der Waals surface area contributed by atoms with E-state index < -0.39 is 0 Å². The molecule has 3 nitrogen and oxygen atoms in total. The van der Waals surface area contributed by atoms with Gasteiger partial charge in [0.05, 0.1) is 12.8 Å². The quantitative estimate of drug-likeness (QED) is 0.819. The van der Waals surface area contributed by atoms with Crippen LogP contribution < -0.4 is 10.1 Å². The number of hydrogen-bond donors (Lipinski definition) is 1. The number of benzene rings is 1. The maximum atomic E-state index is 11.4. The van der Waals surface area contributed by atoms with Crippen molar-refractivity contribution in [1.82, 2.24) is 0 Å². The summed E-state index contributed by atoms with van der Waals surface area (Å²) >= 11 is 0. The molecule has 0 unspecified atom stereocenters. The summed E-state index contributed by atoms with van der Waals surface area (Å²) in [5.74, 6) is 0.962. The molecule has 1 aliphatic carbocycles. The summed E-state index contributed by atoms with van der Waals surface area (Å²) < 4.78 is 5.10. The van der Waals surface area contributed by atoms with Crippen LogP contribution in [-0.4, -0.2) is 12.9 Å². The molecule has 0 radical (unpaired) electrons. The van der Waals surface area contributed by atoms with Crippen molar-refractivity contribution in [3.63, 3.8) is 0 Å². The molecule has 78 valence electrons. The zero-order chi connectivity index (χ0) is 10.7. The largest absolute Gasteiger partial charge is 0.497 e. The molecule has 0 spiro atoms. The molecule has 0 heterocycles. The third-order valence-electron chi connectivity index (χ3n) is 2.37. The lowest BCUT2D eigenvalue weighted by Crippen LogP contribution is -2.06. The average Bonchev–Trinajstić information content (AvgIpc) is 2.65. The Morgan fingerprint density at radius 3 is 2.93 bits per heavy atom. The molecule has 0 saturated carbocycles. The van der Waals surface area contributed by atoms with Gasteiger partial charge in [-0.15, -0.1) is 0 Å². The fraction of sp³-hybridized carbons (Fsp3) is 0.250. The van der Waals surface area contributed by atoms with Gasteiger partial charge in [-0.2, -0.15) is 0 Å². The molecule has 1 aromatic rings. The van der Waals surface area contributed by atoms with Gasteiger partial charge in [0.2, 0.25) is 0 Å². The highest BCUT2D eigenvalue weighted by atomic mass is 16.5. The molecular formula is C12H13NO2. The molecule has 15 heavy (non-hydrogen) atoms. The van der Waals surface area contributed by atoms with Gasteiger partial charge in [-0.05, 0) is 18.6 Å². The fourth-order valence-electron chi connectivity index (χ4n) is 1.57. The topological polar surface area (TPSA) is 38.3 Å². The number of anilines is 1. The number of carbonyl (C=O) groups is 1. The lowest BCUT2D eigenvalue weighted by Gasteiger charge is -2.07.